The number of likely N-dealkylation sites (N-methyl/N-ethyl adjacent to an activating group) is 1. The molecule has 0 aliphatic carbocycles. The second-order valence-electron chi connectivity index (χ2n) is 3.51. The summed E-state index contributed by atoms with van der Waals surface area (Å²) in [6.45, 7) is 4.42. The van der Waals surface area contributed by atoms with Crippen molar-refractivity contribution >= 4 is 29.7 Å². The molecule has 1 aromatic heterocycles. The van der Waals surface area contributed by atoms with Crippen molar-refractivity contribution in [3.63, 3.8) is 0 Å². The molecule has 5 heteroatoms. The molecule has 0 saturated heterocycles. The molecular formula is C10H17ClN2OS. The van der Waals surface area contributed by atoms with Gasteiger partial charge in [0.2, 0.25) is 5.91 Å². The third kappa shape index (κ3) is 3.81. The normalized spacial score (nSPS) is 11.7. The van der Waals surface area contributed by atoms with Gasteiger partial charge in [0.15, 0.2) is 0 Å². The molecule has 0 spiro atoms. The molecule has 0 fully saturated rings. The van der Waals surface area contributed by atoms with Crippen LogP contribution in [0.25, 0.3) is 0 Å². The number of rotatable bonds is 3. The molecule has 1 aromatic rings. The van der Waals surface area contributed by atoms with Gasteiger partial charge >= 0.3 is 0 Å². The SMILES string of the molecule is Cc1ccsc1CN(C)C(=O)[C@H](C)N.Cl. The summed E-state index contributed by atoms with van der Waals surface area (Å²) in [6.07, 6.45) is 0. The van der Waals surface area contributed by atoms with E-state index in [9.17, 15) is 4.79 Å². The van der Waals surface area contributed by atoms with Gasteiger partial charge < -0.3 is 10.6 Å². The van der Waals surface area contributed by atoms with Crippen molar-refractivity contribution in [2.45, 2.75) is 26.4 Å². The Morgan fingerprint density at radius 1 is 1.67 bits per heavy atom. The van der Waals surface area contributed by atoms with E-state index in [-0.39, 0.29) is 18.3 Å². The molecule has 0 radical (unpaired) electrons. The van der Waals surface area contributed by atoms with Crippen molar-refractivity contribution < 1.29 is 4.79 Å². The molecule has 3 nitrogen and oxygen atoms in total. The number of carbonyl (C=O) groups excluding carboxylic acids is 1. The van der Waals surface area contributed by atoms with E-state index in [2.05, 4.69) is 13.0 Å². The van der Waals surface area contributed by atoms with Gasteiger partial charge in [-0.3, -0.25) is 4.79 Å². The Bertz CT molecular complexity index is 325. The number of hydrogen-bond acceptors (Lipinski definition) is 3. The standard InChI is InChI=1S/C10H16N2OS.ClH/c1-7-4-5-14-9(7)6-12(3)10(13)8(2)11;/h4-5,8H,6,11H2,1-3H3;1H/t8-;/m0./s1. The smallest absolute Gasteiger partial charge is 0.239 e. The Balaban J connectivity index is 0.00000196. The lowest BCUT2D eigenvalue weighted by atomic mass is 10.2. The van der Waals surface area contributed by atoms with Crippen molar-refractivity contribution in [3.05, 3.63) is 21.9 Å². The highest BCUT2D eigenvalue weighted by Gasteiger charge is 2.14. The molecular weight excluding hydrogens is 232 g/mol. The van der Waals surface area contributed by atoms with Crippen molar-refractivity contribution in [3.8, 4) is 0 Å². The minimum Gasteiger partial charge on any atom is -0.339 e. The maximum absolute atomic E-state index is 11.5. The molecule has 86 valence electrons. The fraction of sp³-hybridized carbons (Fsp3) is 0.500. The third-order valence-electron chi connectivity index (χ3n) is 2.11. The monoisotopic (exact) mass is 248 g/mol. The topological polar surface area (TPSA) is 46.3 Å². The summed E-state index contributed by atoms with van der Waals surface area (Å²) in [6, 6.07) is 1.64. The second-order valence-corrected chi connectivity index (χ2v) is 4.51. The van der Waals surface area contributed by atoms with E-state index >= 15 is 0 Å². The third-order valence-corrected chi connectivity index (χ3v) is 3.12. The van der Waals surface area contributed by atoms with Gasteiger partial charge in [-0.1, -0.05) is 0 Å². The number of halogens is 1. The lowest BCUT2D eigenvalue weighted by Gasteiger charge is -2.18. The van der Waals surface area contributed by atoms with Crippen LogP contribution in [0.2, 0.25) is 0 Å². The van der Waals surface area contributed by atoms with Crippen LogP contribution in [-0.4, -0.2) is 23.9 Å². The van der Waals surface area contributed by atoms with E-state index in [1.165, 1.54) is 10.4 Å². The highest BCUT2D eigenvalue weighted by molar-refractivity contribution is 7.10. The summed E-state index contributed by atoms with van der Waals surface area (Å²) < 4.78 is 0. The molecule has 1 rings (SSSR count). The highest BCUT2D eigenvalue weighted by atomic mass is 35.5. The number of carbonyl (C=O) groups is 1. The quantitative estimate of drug-likeness (QED) is 0.887. The first kappa shape index (κ1) is 14.4. The summed E-state index contributed by atoms with van der Waals surface area (Å²) >= 11 is 1.67. The molecule has 0 aliphatic heterocycles. The van der Waals surface area contributed by atoms with E-state index in [0.717, 1.165) is 0 Å². The Morgan fingerprint density at radius 3 is 2.67 bits per heavy atom. The van der Waals surface area contributed by atoms with E-state index in [0.29, 0.717) is 6.54 Å². The fourth-order valence-corrected chi connectivity index (χ4v) is 2.17. The van der Waals surface area contributed by atoms with Gasteiger partial charge in [-0.25, -0.2) is 0 Å². The van der Waals surface area contributed by atoms with Crippen molar-refractivity contribution in [1.29, 1.82) is 0 Å². The number of amides is 1. The van der Waals surface area contributed by atoms with Crippen molar-refractivity contribution in [2.75, 3.05) is 7.05 Å². The number of aryl methyl sites for hydroxylation is 1. The number of hydrogen-bond donors (Lipinski definition) is 1. The van der Waals surface area contributed by atoms with Crippen LogP contribution in [0.1, 0.15) is 17.4 Å². The number of nitrogens with zero attached hydrogens (tertiary/aromatic N) is 1. The predicted octanol–water partition coefficient (Wildman–Crippen LogP) is 1.78. The van der Waals surface area contributed by atoms with Crippen molar-refractivity contribution in [2.24, 2.45) is 5.73 Å². The molecule has 0 aliphatic rings. The van der Waals surface area contributed by atoms with Crippen molar-refractivity contribution in [1.82, 2.24) is 4.90 Å². The molecule has 1 heterocycles. The summed E-state index contributed by atoms with van der Waals surface area (Å²) in [4.78, 5) is 14.4. The zero-order chi connectivity index (χ0) is 10.7. The summed E-state index contributed by atoms with van der Waals surface area (Å²) in [5, 5.41) is 2.04. The van der Waals surface area contributed by atoms with Crippen LogP contribution < -0.4 is 5.73 Å². The Hall–Kier alpha value is -0.580. The maximum atomic E-state index is 11.5. The van der Waals surface area contributed by atoms with Gasteiger partial charge in [0, 0.05) is 11.9 Å². The highest BCUT2D eigenvalue weighted by Crippen LogP contribution is 2.17. The molecule has 15 heavy (non-hydrogen) atoms. The molecule has 0 unspecified atom stereocenters. The zero-order valence-electron chi connectivity index (χ0n) is 9.19. The van der Waals surface area contributed by atoms with Gasteiger partial charge in [-0.15, -0.1) is 23.7 Å². The van der Waals surface area contributed by atoms with Crippen LogP contribution in [0.3, 0.4) is 0 Å². The first-order valence-electron chi connectivity index (χ1n) is 4.56. The van der Waals surface area contributed by atoms with Crippen LogP contribution in [0, 0.1) is 6.92 Å². The average molecular weight is 249 g/mol. The number of nitrogens with two attached hydrogens (primary N) is 1. The largest absolute Gasteiger partial charge is 0.339 e. The Labute approximate surface area is 101 Å². The van der Waals surface area contributed by atoms with Gasteiger partial charge in [-0.05, 0) is 30.9 Å². The molecule has 2 N–H and O–H groups in total. The zero-order valence-corrected chi connectivity index (χ0v) is 10.8. The molecule has 0 saturated carbocycles. The second kappa shape index (κ2) is 6.10. The number of thiophene rings is 1. The first-order valence-corrected chi connectivity index (χ1v) is 5.44. The predicted molar refractivity (Wildman–Crippen MR) is 66.4 cm³/mol. The summed E-state index contributed by atoms with van der Waals surface area (Å²) in [7, 11) is 1.78. The first-order chi connectivity index (χ1) is 6.52. The minimum atomic E-state index is -0.416. The Morgan fingerprint density at radius 2 is 2.27 bits per heavy atom. The van der Waals surface area contributed by atoms with Crippen LogP contribution >= 0.6 is 23.7 Å². The fourth-order valence-electron chi connectivity index (χ4n) is 1.21. The molecule has 0 bridgehead atoms. The maximum Gasteiger partial charge on any atom is 0.239 e. The van der Waals surface area contributed by atoms with Gasteiger partial charge in [0.1, 0.15) is 0 Å². The van der Waals surface area contributed by atoms with Gasteiger partial charge in [0.05, 0.1) is 12.6 Å². The molecule has 1 amide bonds. The van der Waals surface area contributed by atoms with Gasteiger partial charge in [0.25, 0.3) is 0 Å². The average Bonchev–Trinajstić information content (AvgIpc) is 2.50. The van der Waals surface area contributed by atoms with Crippen LogP contribution in [0.15, 0.2) is 11.4 Å². The van der Waals surface area contributed by atoms with E-state index in [4.69, 9.17) is 5.73 Å². The van der Waals surface area contributed by atoms with E-state index < -0.39 is 6.04 Å². The van der Waals surface area contributed by atoms with E-state index in [1.807, 2.05) is 5.38 Å². The van der Waals surface area contributed by atoms with Crippen LogP contribution in [0.5, 0.6) is 0 Å². The Kier molecular flexibility index (Phi) is 5.87. The van der Waals surface area contributed by atoms with Crippen LogP contribution in [-0.2, 0) is 11.3 Å². The minimum absolute atomic E-state index is 0. The lowest BCUT2D eigenvalue weighted by molar-refractivity contribution is -0.131. The van der Waals surface area contributed by atoms with Crippen LogP contribution in [0.4, 0.5) is 0 Å². The molecule has 0 aromatic carbocycles. The molecule has 1 atom stereocenters. The summed E-state index contributed by atoms with van der Waals surface area (Å²) in [5.41, 5.74) is 6.75. The van der Waals surface area contributed by atoms with Gasteiger partial charge in [-0.2, -0.15) is 0 Å². The summed E-state index contributed by atoms with van der Waals surface area (Å²) in [5.74, 6) is -0.0159. The van der Waals surface area contributed by atoms with E-state index in [1.54, 1.807) is 30.2 Å². The lowest BCUT2D eigenvalue weighted by Crippen LogP contribution is -2.39.